The van der Waals surface area contributed by atoms with Crippen LogP contribution in [0.1, 0.15) is 31.7 Å². The van der Waals surface area contributed by atoms with Crippen molar-refractivity contribution in [3.05, 3.63) is 29.8 Å². The van der Waals surface area contributed by atoms with Gasteiger partial charge in [0.1, 0.15) is 0 Å². The minimum absolute atomic E-state index is 0.00421. The van der Waals surface area contributed by atoms with Gasteiger partial charge in [-0.25, -0.2) is 0 Å². The third kappa shape index (κ3) is 4.54. The van der Waals surface area contributed by atoms with Crippen molar-refractivity contribution in [2.24, 2.45) is 5.73 Å². The maximum absolute atomic E-state index is 11.7. The first kappa shape index (κ1) is 13.7. The Morgan fingerprint density at radius 1 is 1.41 bits per heavy atom. The van der Waals surface area contributed by atoms with E-state index in [1.165, 1.54) is 0 Å². The molecule has 0 aliphatic rings. The molecule has 17 heavy (non-hydrogen) atoms. The fraction of sp³-hybridized carbons (Fsp3) is 0.462. The highest BCUT2D eigenvalue weighted by molar-refractivity contribution is 5.94. The second kappa shape index (κ2) is 7.04. The van der Waals surface area contributed by atoms with Crippen LogP contribution in [0.3, 0.4) is 0 Å². The number of nitrogens with two attached hydrogens (primary N) is 1. The number of unbranched alkanes of at least 4 members (excludes halogenated alkanes) is 1. The van der Waals surface area contributed by atoms with Crippen molar-refractivity contribution in [3.8, 4) is 0 Å². The number of hydrogen-bond donors (Lipinski definition) is 3. The van der Waals surface area contributed by atoms with Crippen LogP contribution in [-0.4, -0.2) is 17.1 Å². The summed E-state index contributed by atoms with van der Waals surface area (Å²) in [5, 5.41) is 11.6. The average Bonchev–Trinajstić information content (AvgIpc) is 2.36. The van der Waals surface area contributed by atoms with Gasteiger partial charge < -0.3 is 16.2 Å². The molecule has 1 aromatic carbocycles. The van der Waals surface area contributed by atoms with Crippen molar-refractivity contribution < 1.29 is 9.90 Å². The SMILES string of the molecule is CCCCC(N)C(=O)Nc1ccc(CO)cc1. The number of benzene rings is 1. The lowest BCUT2D eigenvalue weighted by molar-refractivity contribution is -0.117. The smallest absolute Gasteiger partial charge is 0.241 e. The van der Waals surface area contributed by atoms with E-state index >= 15 is 0 Å². The molecule has 0 saturated carbocycles. The van der Waals surface area contributed by atoms with E-state index in [2.05, 4.69) is 12.2 Å². The molecule has 1 aromatic rings. The number of hydrogen-bond acceptors (Lipinski definition) is 3. The summed E-state index contributed by atoms with van der Waals surface area (Å²) in [7, 11) is 0. The van der Waals surface area contributed by atoms with Gasteiger partial charge in [-0.3, -0.25) is 4.79 Å². The molecule has 1 amide bonds. The van der Waals surface area contributed by atoms with E-state index in [9.17, 15) is 4.79 Å². The number of nitrogens with one attached hydrogen (secondary N) is 1. The van der Waals surface area contributed by atoms with Crippen LogP contribution >= 0.6 is 0 Å². The summed E-state index contributed by atoms with van der Waals surface area (Å²) >= 11 is 0. The summed E-state index contributed by atoms with van der Waals surface area (Å²) < 4.78 is 0. The van der Waals surface area contributed by atoms with Gasteiger partial charge in [0.05, 0.1) is 12.6 Å². The summed E-state index contributed by atoms with van der Waals surface area (Å²) in [5.74, 6) is -0.157. The lowest BCUT2D eigenvalue weighted by Gasteiger charge is -2.11. The molecule has 0 bridgehead atoms. The Morgan fingerprint density at radius 3 is 2.59 bits per heavy atom. The Balaban J connectivity index is 2.49. The second-order valence-corrected chi connectivity index (χ2v) is 4.09. The van der Waals surface area contributed by atoms with Crippen molar-refractivity contribution in [1.29, 1.82) is 0 Å². The Bertz CT molecular complexity index is 349. The van der Waals surface area contributed by atoms with Crippen LogP contribution in [0.25, 0.3) is 0 Å². The van der Waals surface area contributed by atoms with Gasteiger partial charge in [0.15, 0.2) is 0 Å². The van der Waals surface area contributed by atoms with E-state index in [0.717, 1.165) is 18.4 Å². The highest BCUT2D eigenvalue weighted by atomic mass is 16.3. The molecule has 0 aliphatic carbocycles. The molecule has 94 valence electrons. The molecule has 1 rings (SSSR count). The molecule has 0 fully saturated rings. The predicted octanol–water partition coefficient (Wildman–Crippen LogP) is 1.63. The third-order valence-corrected chi connectivity index (χ3v) is 2.61. The van der Waals surface area contributed by atoms with Gasteiger partial charge in [0.2, 0.25) is 5.91 Å². The monoisotopic (exact) mass is 236 g/mol. The summed E-state index contributed by atoms with van der Waals surface area (Å²) in [6, 6.07) is 6.61. The zero-order valence-corrected chi connectivity index (χ0v) is 10.1. The number of carbonyl (C=O) groups is 1. The van der Waals surface area contributed by atoms with Crippen LogP contribution in [0.2, 0.25) is 0 Å². The number of aliphatic hydroxyl groups excluding tert-OH is 1. The second-order valence-electron chi connectivity index (χ2n) is 4.09. The van der Waals surface area contributed by atoms with Crippen LogP contribution in [0.15, 0.2) is 24.3 Å². The maximum atomic E-state index is 11.7. The van der Waals surface area contributed by atoms with Crippen LogP contribution in [0.4, 0.5) is 5.69 Å². The molecule has 0 saturated heterocycles. The van der Waals surface area contributed by atoms with E-state index in [-0.39, 0.29) is 12.5 Å². The zero-order chi connectivity index (χ0) is 12.7. The van der Waals surface area contributed by atoms with Gasteiger partial charge in [-0.1, -0.05) is 31.9 Å². The lowest BCUT2D eigenvalue weighted by atomic mass is 10.1. The standard InChI is InChI=1S/C13H20N2O2/c1-2-3-4-12(14)13(17)15-11-7-5-10(9-16)6-8-11/h5-8,12,16H,2-4,9,14H2,1H3,(H,15,17). The fourth-order valence-electron chi connectivity index (χ4n) is 1.48. The quantitative estimate of drug-likeness (QED) is 0.702. The zero-order valence-electron chi connectivity index (χ0n) is 10.1. The van der Waals surface area contributed by atoms with Crippen LogP contribution in [0, 0.1) is 0 Å². The molecule has 0 aliphatic heterocycles. The van der Waals surface area contributed by atoms with Gasteiger partial charge >= 0.3 is 0 Å². The number of amides is 1. The molecule has 4 N–H and O–H groups in total. The van der Waals surface area contributed by atoms with Crippen molar-refractivity contribution in [3.63, 3.8) is 0 Å². The lowest BCUT2D eigenvalue weighted by Crippen LogP contribution is -2.35. The Morgan fingerprint density at radius 2 is 2.06 bits per heavy atom. The van der Waals surface area contributed by atoms with Crippen molar-refractivity contribution in [1.82, 2.24) is 0 Å². The maximum Gasteiger partial charge on any atom is 0.241 e. The molecule has 0 radical (unpaired) electrons. The molecule has 1 atom stereocenters. The molecule has 4 nitrogen and oxygen atoms in total. The predicted molar refractivity (Wildman–Crippen MR) is 68.5 cm³/mol. The first-order valence-corrected chi connectivity index (χ1v) is 5.93. The van der Waals surface area contributed by atoms with Crippen LogP contribution < -0.4 is 11.1 Å². The average molecular weight is 236 g/mol. The van der Waals surface area contributed by atoms with E-state index < -0.39 is 6.04 Å². The van der Waals surface area contributed by atoms with Crippen molar-refractivity contribution in [2.75, 3.05) is 5.32 Å². The highest BCUT2D eigenvalue weighted by Crippen LogP contribution is 2.10. The first-order valence-electron chi connectivity index (χ1n) is 5.93. The van der Waals surface area contributed by atoms with E-state index in [1.54, 1.807) is 24.3 Å². The van der Waals surface area contributed by atoms with Gasteiger partial charge in [0, 0.05) is 5.69 Å². The number of carbonyl (C=O) groups excluding carboxylic acids is 1. The largest absolute Gasteiger partial charge is 0.392 e. The van der Waals surface area contributed by atoms with Gasteiger partial charge in [-0.2, -0.15) is 0 Å². The van der Waals surface area contributed by atoms with Gasteiger partial charge in [0.25, 0.3) is 0 Å². The van der Waals surface area contributed by atoms with Crippen molar-refractivity contribution in [2.45, 2.75) is 38.8 Å². The topological polar surface area (TPSA) is 75.4 Å². The fourth-order valence-corrected chi connectivity index (χ4v) is 1.48. The third-order valence-electron chi connectivity index (χ3n) is 2.61. The van der Waals surface area contributed by atoms with E-state index in [4.69, 9.17) is 10.8 Å². The van der Waals surface area contributed by atoms with Crippen molar-refractivity contribution >= 4 is 11.6 Å². The number of anilines is 1. The summed E-state index contributed by atoms with van der Waals surface area (Å²) in [5.41, 5.74) is 7.28. The van der Waals surface area contributed by atoms with Gasteiger partial charge in [-0.15, -0.1) is 0 Å². The molecular formula is C13H20N2O2. The Labute approximate surface area is 102 Å². The number of rotatable bonds is 6. The van der Waals surface area contributed by atoms with E-state index in [0.29, 0.717) is 12.1 Å². The normalized spacial score (nSPS) is 12.2. The molecule has 0 aromatic heterocycles. The van der Waals surface area contributed by atoms with Crippen LogP contribution in [-0.2, 0) is 11.4 Å². The molecule has 1 unspecified atom stereocenters. The molecule has 4 heteroatoms. The minimum Gasteiger partial charge on any atom is -0.392 e. The number of aliphatic hydroxyl groups is 1. The summed E-state index contributed by atoms with van der Waals surface area (Å²) in [6.45, 7) is 2.07. The Kier molecular flexibility index (Phi) is 5.66. The minimum atomic E-state index is -0.451. The van der Waals surface area contributed by atoms with Crippen LogP contribution in [0.5, 0.6) is 0 Å². The Hall–Kier alpha value is -1.39. The highest BCUT2D eigenvalue weighted by Gasteiger charge is 2.12. The first-order chi connectivity index (χ1) is 8.17. The van der Waals surface area contributed by atoms with Gasteiger partial charge in [-0.05, 0) is 24.1 Å². The molecule has 0 heterocycles. The molecular weight excluding hydrogens is 216 g/mol. The molecule has 0 spiro atoms. The van der Waals surface area contributed by atoms with E-state index in [1.807, 2.05) is 0 Å². The summed E-state index contributed by atoms with van der Waals surface area (Å²) in [4.78, 5) is 11.7. The summed E-state index contributed by atoms with van der Waals surface area (Å²) in [6.07, 6.45) is 2.70.